The van der Waals surface area contributed by atoms with Gasteiger partial charge in [0.15, 0.2) is 11.6 Å². The van der Waals surface area contributed by atoms with Gasteiger partial charge in [-0.05, 0) is 24.3 Å². The highest BCUT2D eigenvalue weighted by Crippen LogP contribution is 2.27. The maximum Gasteiger partial charge on any atom is 0.387 e. The van der Waals surface area contributed by atoms with Crippen LogP contribution in [0.1, 0.15) is 0 Å². The molecule has 0 radical (unpaired) electrons. The van der Waals surface area contributed by atoms with Crippen LogP contribution in [-0.4, -0.2) is 27.0 Å². The first-order valence-electron chi connectivity index (χ1n) is 8.21. The minimum absolute atomic E-state index is 0.0348. The topological polar surface area (TPSA) is 88.2 Å². The number of anilines is 5. The Morgan fingerprint density at radius 1 is 1.07 bits per heavy atom. The van der Waals surface area contributed by atoms with Crippen molar-refractivity contribution < 1.29 is 22.1 Å². The van der Waals surface area contributed by atoms with Crippen LogP contribution in [0.25, 0.3) is 0 Å². The number of para-hydroxylation sites is 2. The normalized spacial score (nSPS) is 11.8. The van der Waals surface area contributed by atoms with E-state index >= 15 is 0 Å². The molecule has 0 bridgehead atoms. The Morgan fingerprint density at radius 2 is 1.83 bits per heavy atom. The van der Waals surface area contributed by atoms with Crippen molar-refractivity contribution in [3.05, 3.63) is 60.5 Å². The third-order valence-electron chi connectivity index (χ3n) is 3.49. The fourth-order valence-electron chi connectivity index (χ4n) is 2.36. The summed E-state index contributed by atoms with van der Waals surface area (Å²) in [6.07, 6.45) is 2.43. The summed E-state index contributed by atoms with van der Waals surface area (Å²) in [7, 11) is -1.32. The summed E-state index contributed by atoms with van der Waals surface area (Å²) in [5, 5.41) is 5.62. The molecule has 0 aliphatic heterocycles. The van der Waals surface area contributed by atoms with Gasteiger partial charge in [-0.25, -0.2) is 13.6 Å². The Morgan fingerprint density at radius 3 is 2.55 bits per heavy atom. The number of benzene rings is 2. The van der Waals surface area contributed by atoms with Gasteiger partial charge in [-0.15, -0.1) is 0 Å². The zero-order chi connectivity index (χ0) is 20.8. The summed E-state index contributed by atoms with van der Waals surface area (Å²) in [6, 6.07) is 12.6. The van der Waals surface area contributed by atoms with Crippen LogP contribution in [0.15, 0.2) is 54.7 Å². The van der Waals surface area contributed by atoms with E-state index in [1.54, 1.807) is 30.3 Å². The number of rotatable bonds is 8. The third-order valence-corrected chi connectivity index (χ3v) is 4.00. The summed E-state index contributed by atoms with van der Waals surface area (Å²) in [5.41, 5.74) is 1.33. The molecule has 7 nitrogen and oxygen atoms in total. The van der Waals surface area contributed by atoms with Crippen molar-refractivity contribution in [2.45, 2.75) is 6.61 Å². The summed E-state index contributed by atoms with van der Waals surface area (Å²) >= 11 is 0. The van der Waals surface area contributed by atoms with Crippen LogP contribution in [0.5, 0.6) is 5.75 Å². The molecule has 0 saturated carbocycles. The molecule has 0 aliphatic carbocycles. The monoisotopic (exact) mass is 423 g/mol. The Bertz CT molecular complexity index is 1020. The van der Waals surface area contributed by atoms with E-state index in [4.69, 9.17) is 0 Å². The number of ether oxygens (including phenoxy) is 1. The number of aromatic nitrogens is 2. The summed E-state index contributed by atoms with van der Waals surface area (Å²) in [5.74, 6) is -0.845. The molecule has 0 fully saturated rings. The Kier molecular flexibility index (Phi) is 6.50. The molecule has 29 heavy (non-hydrogen) atoms. The zero-order valence-electron chi connectivity index (χ0n) is 15.0. The lowest BCUT2D eigenvalue weighted by atomic mass is 10.2. The summed E-state index contributed by atoms with van der Waals surface area (Å²) < 4.78 is 57.4. The average Bonchev–Trinajstić information content (AvgIpc) is 2.65. The van der Waals surface area contributed by atoms with Gasteiger partial charge in [0, 0.05) is 18.0 Å². The van der Waals surface area contributed by atoms with Gasteiger partial charge in [0.2, 0.25) is 5.95 Å². The summed E-state index contributed by atoms with van der Waals surface area (Å²) in [6.45, 7) is -2.95. The van der Waals surface area contributed by atoms with Gasteiger partial charge >= 0.3 is 6.61 Å². The first kappa shape index (κ1) is 20.4. The van der Waals surface area contributed by atoms with E-state index in [1.165, 1.54) is 24.5 Å². The number of hydrogen-bond acceptors (Lipinski definition) is 6. The van der Waals surface area contributed by atoms with Crippen molar-refractivity contribution in [2.75, 3.05) is 21.6 Å². The Balaban J connectivity index is 1.82. The van der Waals surface area contributed by atoms with Gasteiger partial charge in [0.05, 0.1) is 17.6 Å². The molecule has 1 aromatic heterocycles. The predicted molar refractivity (Wildman–Crippen MR) is 106 cm³/mol. The van der Waals surface area contributed by atoms with E-state index in [0.717, 1.165) is 6.20 Å². The Labute approximate surface area is 166 Å². The quantitative estimate of drug-likeness (QED) is 0.498. The molecule has 3 aromatic rings. The smallest absolute Gasteiger partial charge is 0.387 e. The van der Waals surface area contributed by atoms with Crippen LogP contribution in [-0.2, 0) is 11.0 Å². The van der Waals surface area contributed by atoms with E-state index < -0.39 is 23.4 Å². The number of nitrogens with one attached hydrogen (secondary N) is 3. The Hall–Kier alpha value is -3.34. The first-order chi connectivity index (χ1) is 13.9. The molecule has 2 aromatic carbocycles. The number of alkyl halides is 2. The van der Waals surface area contributed by atoms with E-state index in [9.17, 15) is 17.4 Å². The second kappa shape index (κ2) is 9.24. The molecule has 11 heteroatoms. The molecule has 0 aliphatic rings. The lowest BCUT2D eigenvalue weighted by Gasteiger charge is -2.13. The van der Waals surface area contributed by atoms with Crippen LogP contribution in [0.3, 0.4) is 0 Å². The zero-order valence-corrected chi connectivity index (χ0v) is 15.8. The van der Waals surface area contributed by atoms with Crippen LogP contribution in [0.2, 0.25) is 0 Å². The molecule has 1 atom stereocenters. The fourth-order valence-corrected chi connectivity index (χ4v) is 2.85. The molecule has 0 amide bonds. The maximum atomic E-state index is 14.2. The van der Waals surface area contributed by atoms with Crippen molar-refractivity contribution >= 4 is 39.8 Å². The molecule has 0 saturated heterocycles. The SMILES string of the molecule is CS(=O)Nc1ccccc1Nc1nc(Nc2cccc(OC(F)F)c2)ncc1F. The lowest BCUT2D eigenvalue weighted by Crippen LogP contribution is -2.07. The van der Waals surface area contributed by atoms with Gasteiger partial charge < -0.3 is 20.1 Å². The number of hydrogen-bond donors (Lipinski definition) is 3. The van der Waals surface area contributed by atoms with Gasteiger partial charge in [-0.2, -0.15) is 13.8 Å². The molecule has 1 unspecified atom stereocenters. The molecule has 0 spiro atoms. The number of halogens is 3. The first-order valence-corrected chi connectivity index (χ1v) is 9.77. The standard InChI is InChI=1S/C18H16F3N5O2S/c1-29(27)26-15-8-3-2-7-14(15)24-16-13(19)10-22-18(25-16)23-11-5-4-6-12(9-11)28-17(20)21/h2-10,17,26H,1H3,(H2,22,23,24,25). The highest BCUT2D eigenvalue weighted by atomic mass is 32.2. The van der Waals surface area contributed by atoms with Crippen LogP contribution < -0.4 is 20.1 Å². The predicted octanol–water partition coefficient (Wildman–Crippen LogP) is 4.41. The summed E-state index contributed by atoms with van der Waals surface area (Å²) in [4.78, 5) is 7.92. The van der Waals surface area contributed by atoms with Crippen LogP contribution in [0, 0.1) is 5.82 Å². The molecular formula is C18H16F3N5O2S. The largest absolute Gasteiger partial charge is 0.435 e. The van der Waals surface area contributed by atoms with Crippen molar-refractivity contribution in [3.63, 3.8) is 0 Å². The fraction of sp³-hybridized carbons (Fsp3) is 0.111. The lowest BCUT2D eigenvalue weighted by molar-refractivity contribution is -0.0498. The second-order valence-electron chi connectivity index (χ2n) is 5.65. The van der Waals surface area contributed by atoms with Crippen molar-refractivity contribution in [2.24, 2.45) is 0 Å². The minimum atomic E-state index is -2.95. The van der Waals surface area contributed by atoms with Gasteiger partial charge in [0.25, 0.3) is 0 Å². The molecular weight excluding hydrogens is 407 g/mol. The van der Waals surface area contributed by atoms with Crippen molar-refractivity contribution in [3.8, 4) is 5.75 Å². The minimum Gasteiger partial charge on any atom is -0.435 e. The van der Waals surface area contributed by atoms with E-state index in [2.05, 4.69) is 30.1 Å². The third kappa shape index (κ3) is 5.82. The van der Waals surface area contributed by atoms with E-state index in [0.29, 0.717) is 17.1 Å². The molecule has 1 heterocycles. The van der Waals surface area contributed by atoms with Gasteiger partial charge in [-0.3, -0.25) is 0 Å². The van der Waals surface area contributed by atoms with Crippen molar-refractivity contribution in [1.82, 2.24) is 9.97 Å². The highest BCUT2D eigenvalue weighted by molar-refractivity contribution is 7.85. The van der Waals surface area contributed by atoms with Gasteiger partial charge in [0.1, 0.15) is 16.7 Å². The molecule has 152 valence electrons. The van der Waals surface area contributed by atoms with Crippen molar-refractivity contribution in [1.29, 1.82) is 0 Å². The van der Waals surface area contributed by atoms with Crippen LogP contribution >= 0.6 is 0 Å². The average molecular weight is 423 g/mol. The number of nitrogens with zero attached hydrogens (tertiary/aromatic N) is 2. The maximum absolute atomic E-state index is 14.2. The molecule has 3 rings (SSSR count). The van der Waals surface area contributed by atoms with Gasteiger partial charge in [-0.1, -0.05) is 18.2 Å². The van der Waals surface area contributed by atoms with Crippen LogP contribution in [0.4, 0.5) is 42.0 Å². The highest BCUT2D eigenvalue weighted by Gasteiger charge is 2.11. The van der Waals surface area contributed by atoms with E-state index in [1.807, 2.05) is 0 Å². The molecule has 3 N–H and O–H groups in total. The van der Waals surface area contributed by atoms with E-state index in [-0.39, 0.29) is 17.5 Å². The second-order valence-corrected chi connectivity index (χ2v) is 6.76.